The molecule has 142 valence electrons. The van der Waals surface area contributed by atoms with Crippen molar-refractivity contribution in [3.8, 4) is 0 Å². The number of hydrogen-bond donors (Lipinski definition) is 0. The van der Waals surface area contributed by atoms with Crippen molar-refractivity contribution in [2.24, 2.45) is 0 Å². The molecule has 6 nitrogen and oxygen atoms in total. The molecule has 3 heterocycles. The number of hydrogen-bond acceptors (Lipinski definition) is 4. The van der Waals surface area contributed by atoms with E-state index in [-0.39, 0.29) is 17.4 Å². The van der Waals surface area contributed by atoms with Gasteiger partial charge in [0, 0.05) is 50.0 Å². The Bertz CT molecular complexity index is 638. The summed E-state index contributed by atoms with van der Waals surface area (Å²) in [6.45, 7) is 6.75. The van der Waals surface area contributed by atoms with Gasteiger partial charge in [0.05, 0.1) is 6.54 Å². The molecule has 6 heteroatoms. The molecule has 2 aliphatic rings. The van der Waals surface area contributed by atoms with Gasteiger partial charge >= 0.3 is 0 Å². The average molecular weight is 358 g/mol. The van der Waals surface area contributed by atoms with Gasteiger partial charge in [-0.25, -0.2) is 0 Å². The van der Waals surface area contributed by atoms with E-state index in [4.69, 9.17) is 0 Å². The van der Waals surface area contributed by atoms with Crippen LogP contribution in [0.4, 0.5) is 0 Å². The fourth-order valence-electron chi connectivity index (χ4n) is 3.99. The van der Waals surface area contributed by atoms with Gasteiger partial charge in [0.15, 0.2) is 0 Å². The summed E-state index contributed by atoms with van der Waals surface area (Å²) in [6, 6.07) is 4.29. The van der Waals surface area contributed by atoms with Crippen molar-refractivity contribution in [1.82, 2.24) is 19.7 Å². The highest BCUT2D eigenvalue weighted by Crippen LogP contribution is 2.40. The number of likely N-dealkylation sites (N-methyl/N-ethyl adjacent to an activating group) is 1. The molecule has 0 atom stereocenters. The third-order valence-corrected chi connectivity index (χ3v) is 6.05. The van der Waals surface area contributed by atoms with Crippen LogP contribution in [0.25, 0.3) is 0 Å². The van der Waals surface area contributed by atoms with Crippen molar-refractivity contribution in [1.29, 1.82) is 0 Å². The summed E-state index contributed by atoms with van der Waals surface area (Å²) in [5.74, 6) is 0.423. The number of rotatable bonds is 5. The van der Waals surface area contributed by atoms with E-state index in [0.29, 0.717) is 25.6 Å². The molecule has 2 amide bonds. The maximum Gasteiger partial charge on any atom is 0.236 e. The van der Waals surface area contributed by atoms with Crippen LogP contribution >= 0.6 is 0 Å². The molecular formula is C20H30N4O2. The lowest BCUT2D eigenvalue weighted by Crippen LogP contribution is -2.55. The van der Waals surface area contributed by atoms with E-state index in [1.807, 2.05) is 35.2 Å². The standard InChI is InChI=1S/C20H30N4O2/c1-16(2)22(3)15-19(26)23-11-8-20(9-12-23)7-6-18(25)24(20)14-17-5-4-10-21-13-17/h4-5,10,13,16H,6-9,11-12,14-15H2,1-3H3. The molecular weight excluding hydrogens is 328 g/mol. The van der Waals surface area contributed by atoms with Crippen molar-refractivity contribution in [2.75, 3.05) is 26.7 Å². The SMILES string of the molecule is CC(C)N(C)CC(=O)N1CCC2(CCC(=O)N2Cc2cccnc2)CC1. The summed E-state index contributed by atoms with van der Waals surface area (Å²) in [4.78, 5) is 35.3. The molecule has 1 spiro atoms. The second-order valence-electron chi connectivity index (χ2n) is 7.96. The van der Waals surface area contributed by atoms with Gasteiger partial charge in [0.25, 0.3) is 0 Å². The first kappa shape index (κ1) is 18.8. The molecule has 0 aliphatic carbocycles. The van der Waals surface area contributed by atoms with E-state index < -0.39 is 0 Å². The second-order valence-corrected chi connectivity index (χ2v) is 7.96. The Hall–Kier alpha value is -1.95. The number of carbonyl (C=O) groups is 2. The Balaban J connectivity index is 1.63. The predicted molar refractivity (Wildman–Crippen MR) is 100 cm³/mol. The number of piperidine rings is 1. The molecule has 0 bridgehead atoms. The van der Waals surface area contributed by atoms with Gasteiger partial charge < -0.3 is 9.80 Å². The van der Waals surface area contributed by atoms with Crippen LogP contribution in [0, 0.1) is 0 Å². The number of likely N-dealkylation sites (tertiary alicyclic amines) is 2. The average Bonchev–Trinajstić information content (AvgIpc) is 2.92. The van der Waals surface area contributed by atoms with Gasteiger partial charge in [-0.3, -0.25) is 19.5 Å². The normalized spacial score (nSPS) is 19.8. The highest BCUT2D eigenvalue weighted by molar-refractivity contribution is 5.80. The maximum atomic E-state index is 12.5. The Morgan fingerprint density at radius 2 is 2.04 bits per heavy atom. The highest BCUT2D eigenvalue weighted by atomic mass is 16.2. The Kier molecular flexibility index (Phi) is 5.61. The summed E-state index contributed by atoms with van der Waals surface area (Å²) in [7, 11) is 1.99. The lowest BCUT2D eigenvalue weighted by Gasteiger charge is -2.45. The van der Waals surface area contributed by atoms with E-state index >= 15 is 0 Å². The van der Waals surface area contributed by atoms with Crippen molar-refractivity contribution < 1.29 is 9.59 Å². The molecule has 2 aliphatic heterocycles. The minimum Gasteiger partial charge on any atom is -0.341 e. The first-order valence-corrected chi connectivity index (χ1v) is 9.59. The maximum absolute atomic E-state index is 12.5. The minimum atomic E-state index is -0.0896. The van der Waals surface area contributed by atoms with Crippen molar-refractivity contribution in [3.05, 3.63) is 30.1 Å². The highest BCUT2D eigenvalue weighted by Gasteiger charge is 2.47. The first-order valence-electron chi connectivity index (χ1n) is 9.59. The molecule has 0 saturated carbocycles. The fraction of sp³-hybridized carbons (Fsp3) is 0.650. The van der Waals surface area contributed by atoms with Crippen molar-refractivity contribution in [2.45, 2.75) is 57.7 Å². The van der Waals surface area contributed by atoms with Gasteiger partial charge in [-0.15, -0.1) is 0 Å². The van der Waals surface area contributed by atoms with Gasteiger partial charge in [-0.2, -0.15) is 0 Å². The number of pyridine rings is 1. The topological polar surface area (TPSA) is 56.8 Å². The summed E-state index contributed by atoms with van der Waals surface area (Å²) in [5.41, 5.74) is 0.979. The van der Waals surface area contributed by atoms with Gasteiger partial charge in [-0.05, 0) is 51.8 Å². The van der Waals surface area contributed by atoms with Crippen molar-refractivity contribution >= 4 is 11.8 Å². The van der Waals surface area contributed by atoms with Crippen molar-refractivity contribution in [3.63, 3.8) is 0 Å². The first-order chi connectivity index (χ1) is 12.4. The second kappa shape index (κ2) is 7.74. The quantitative estimate of drug-likeness (QED) is 0.807. The number of aromatic nitrogens is 1. The van der Waals surface area contributed by atoms with Crippen LogP contribution in [0.5, 0.6) is 0 Å². The van der Waals surface area contributed by atoms with E-state index in [1.54, 1.807) is 6.20 Å². The third-order valence-electron chi connectivity index (χ3n) is 6.05. The molecule has 1 aromatic heterocycles. The monoisotopic (exact) mass is 358 g/mol. The van der Waals surface area contributed by atoms with E-state index in [9.17, 15) is 9.59 Å². The van der Waals surface area contributed by atoms with Gasteiger partial charge in [-0.1, -0.05) is 6.07 Å². The molecule has 26 heavy (non-hydrogen) atoms. The Labute approximate surface area is 156 Å². The number of carbonyl (C=O) groups excluding carboxylic acids is 2. The summed E-state index contributed by atoms with van der Waals surface area (Å²) < 4.78 is 0. The molecule has 0 aromatic carbocycles. The molecule has 2 saturated heterocycles. The minimum absolute atomic E-state index is 0.0896. The van der Waals surface area contributed by atoms with E-state index in [0.717, 1.165) is 37.9 Å². The molecule has 0 N–H and O–H groups in total. The molecule has 1 aromatic rings. The largest absolute Gasteiger partial charge is 0.341 e. The number of nitrogens with zero attached hydrogens (tertiary/aromatic N) is 4. The summed E-state index contributed by atoms with van der Waals surface area (Å²) in [5, 5.41) is 0. The van der Waals surface area contributed by atoms with Crippen LogP contribution in [-0.4, -0.2) is 69.8 Å². The van der Waals surface area contributed by atoms with Crippen LogP contribution in [-0.2, 0) is 16.1 Å². The zero-order valence-corrected chi connectivity index (χ0v) is 16.1. The Morgan fingerprint density at radius 3 is 2.65 bits per heavy atom. The zero-order valence-electron chi connectivity index (χ0n) is 16.1. The smallest absolute Gasteiger partial charge is 0.236 e. The van der Waals surface area contributed by atoms with Crippen LogP contribution < -0.4 is 0 Å². The predicted octanol–water partition coefficient (Wildman–Crippen LogP) is 1.91. The van der Waals surface area contributed by atoms with Crippen LogP contribution in [0.2, 0.25) is 0 Å². The molecule has 3 rings (SSSR count). The zero-order chi connectivity index (χ0) is 18.7. The van der Waals surface area contributed by atoms with E-state index in [2.05, 4.69) is 23.7 Å². The number of amides is 2. The molecule has 0 unspecified atom stereocenters. The van der Waals surface area contributed by atoms with Gasteiger partial charge in [0.2, 0.25) is 11.8 Å². The van der Waals surface area contributed by atoms with E-state index in [1.165, 1.54) is 0 Å². The lowest BCUT2D eigenvalue weighted by molar-refractivity contribution is -0.137. The summed E-state index contributed by atoms with van der Waals surface area (Å²) >= 11 is 0. The fourth-order valence-corrected chi connectivity index (χ4v) is 3.99. The molecule has 2 fully saturated rings. The van der Waals surface area contributed by atoms with Crippen LogP contribution in [0.15, 0.2) is 24.5 Å². The Morgan fingerprint density at radius 1 is 1.31 bits per heavy atom. The van der Waals surface area contributed by atoms with Crippen LogP contribution in [0.3, 0.4) is 0 Å². The molecule has 0 radical (unpaired) electrons. The lowest BCUT2D eigenvalue weighted by atomic mass is 9.84. The van der Waals surface area contributed by atoms with Crippen LogP contribution in [0.1, 0.15) is 45.1 Å². The third kappa shape index (κ3) is 3.90. The summed E-state index contributed by atoms with van der Waals surface area (Å²) in [6.07, 6.45) is 6.85. The van der Waals surface area contributed by atoms with Gasteiger partial charge in [0.1, 0.15) is 0 Å².